The van der Waals surface area contributed by atoms with Crippen molar-refractivity contribution in [3.05, 3.63) is 114 Å². The second-order valence-electron chi connectivity index (χ2n) is 11.5. The van der Waals surface area contributed by atoms with Crippen LogP contribution in [0.25, 0.3) is 5.69 Å². The molecule has 1 N–H and O–H groups in total. The molecule has 1 saturated carbocycles. The number of methoxy groups -OCH3 is 1. The van der Waals surface area contributed by atoms with Crippen molar-refractivity contribution in [2.24, 2.45) is 0 Å². The molecule has 3 aliphatic rings. The van der Waals surface area contributed by atoms with Crippen molar-refractivity contribution in [2.75, 3.05) is 12.0 Å². The number of anilines is 1. The van der Waals surface area contributed by atoms with Crippen molar-refractivity contribution in [1.82, 2.24) is 13.9 Å². The van der Waals surface area contributed by atoms with Gasteiger partial charge in [0, 0.05) is 12.3 Å². The molecule has 2 fully saturated rings. The summed E-state index contributed by atoms with van der Waals surface area (Å²) in [6.45, 7) is -0.266. The smallest absolute Gasteiger partial charge is 0.352 e. The molecule has 18 heteroatoms. The number of benzene rings is 3. The van der Waals surface area contributed by atoms with Crippen LogP contribution in [0.3, 0.4) is 0 Å². The Kier molecular flexibility index (Phi) is 7.47. The van der Waals surface area contributed by atoms with Gasteiger partial charge in [-0.25, -0.2) is 50.4 Å². The number of para-hydroxylation sites is 1. The summed E-state index contributed by atoms with van der Waals surface area (Å²) in [5.41, 5.74) is -3.20. The molecule has 49 heavy (non-hydrogen) atoms. The minimum Gasteiger partial charge on any atom is -0.503 e. The van der Waals surface area contributed by atoms with Gasteiger partial charge < -0.3 is 9.84 Å². The van der Waals surface area contributed by atoms with Gasteiger partial charge in [-0.05, 0) is 51.3 Å². The average Bonchev–Trinajstić information content (AvgIpc) is 3.42. The van der Waals surface area contributed by atoms with Crippen LogP contribution in [0.15, 0.2) is 68.2 Å². The van der Waals surface area contributed by atoms with Crippen molar-refractivity contribution < 1.29 is 41.4 Å². The van der Waals surface area contributed by atoms with E-state index in [1.54, 1.807) is 18.2 Å². The highest BCUT2D eigenvalue weighted by Crippen LogP contribution is 2.64. The predicted molar refractivity (Wildman–Crippen MR) is 167 cm³/mol. The molecule has 2 amide bonds. The molecule has 3 aromatic carbocycles. The Bertz CT molecular complexity index is 2280. The maximum atomic E-state index is 15.2. The SMILES string of the molecule is COc1cc([C@H]2C3=CCn4c(=O)n(-c5ccccc5)c(=O)n4[C@@H]3C[C@@]3(Cl)C(=O)N(c4c(F)c(F)c(F)c(F)c4F)C(=O)[C@@]23Cl)cc(Br)c1O. The number of aromatic hydroxyl groups is 1. The molecule has 0 spiro atoms. The molecule has 4 atom stereocenters. The number of amides is 2. The predicted octanol–water partition coefficient (Wildman–Crippen LogP) is 5.17. The Morgan fingerprint density at radius 1 is 0.898 bits per heavy atom. The minimum absolute atomic E-state index is 0.00137. The number of phenols is 1. The Labute approximate surface area is 289 Å². The Morgan fingerprint density at radius 3 is 2.12 bits per heavy atom. The number of nitrogens with zero attached hydrogens (tertiary/aromatic N) is 4. The first kappa shape index (κ1) is 33.1. The number of aromatic nitrogens is 3. The number of alkyl halides is 2. The quantitative estimate of drug-likeness (QED) is 0.0763. The number of allylic oxidation sites excluding steroid dienone is 2. The van der Waals surface area contributed by atoms with Gasteiger partial charge in [-0.2, -0.15) is 0 Å². The van der Waals surface area contributed by atoms with Gasteiger partial charge >= 0.3 is 11.4 Å². The number of rotatable bonds is 4. The zero-order chi connectivity index (χ0) is 35.5. The topological polar surface area (TPSA) is 116 Å². The standard InChI is InChI=1S/C31H18BrCl2F5N4O6/c1-49-17-10-12(9-15(32)25(17)44)18-14-7-8-40-28(47)41(13-5-3-2-4-6-13)29(48)43(40)16(14)11-30(33)26(45)42(27(46)31(18,30)34)24-22(38)20(36)19(35)21(37)23(24)39/h2-7,9-10,16,18,44H,8,11H2,1H3/t16-,18+,30-,31+/m1/s1. The fourth-order valence-corrected chi connectivity index (χ4v) is 8.29. The van der Waals surface area contributed by atoms with Crippen LogP contribution in [0.2, 0.25) is 0 Å². The monoisotopic (exact) mass is 786 g/mol. The van der Waals surface area contributed by atoms with Gasteiger partial charge in [0.2, 0.25) is 5.82 Å². The third kappa shape index (κ3) is 4.16. The van der Waals surface area contributed by atoms with Crippen LogP contribution in [0.5, 0.6) is 11.5 Å². The largest absolute Gasteiger partial charge is 0.503 e. The Hall–Kier alpha value is -4.41. The molecular formula is C31H18BrCl2F5N4O6. The number of hydrogen-bond donors (Lipinski definition) is 1. The normalized spacial score (nSPS) is 24.4. The van der Waals surface area contributed by atoms with Crippen molar-refractivity contribution in [3.63, 3.8) is 0 Å². The van der Waals surface area contributed by atoms with Crippen molar-refractivity contribution >= 4 is 56.6 Å². The first-order valence-electron chi connectivity index (χ1n) is 14.2. The zero-order valence-corrected chi connectivity index (χ0v) is 27.6. The average molecular weight is 788 g/mol. The highest BCUT2D eigenvalue weighted by atomic mass is 79.9. The molecule has 0 bridgehead atoms. The summed E-state index contributed by atoms with van der Waals surface area (Å²) < 4.78 is 81.4. The summed E-state index contributed by atoms with van der Waals surface area (Å²) in [6, 6.07) is 9.02. The van der Waals surface area contributed by atoms with E-state index in [-0.39, 0.29) is 44.2 Å². The van der Waals surface area contributed by atoms with E-state index in [2.05, 4.69) is 15.9 Å². The van der Waals surface area contributed by atoms with Crippen LogP contribution in [0, 0.1) is 29.1 Å². The van der Waals surface area contributed by atoms with Gasteiger partial charge in [0.25, 0.3) is 11.8 Å². The van der Waals surface area contributed by atoms with Gasteiger partial charge in [-0.1, -0.05) is 24.3 Å². The van der Waals surface area contributed by atoms with E-state index < -0.39 is 86.1 Å². The number of halogens is 8. The first-order valence-corrected chi connectivity index (χ1v) is 15.7. The molecular weight excluding hydrogens is 770 g/mol. The van der Waals surface area contributed by atoms with Crippen LogP contribution in [-0.2, 0) is 16.1 Å². The third-order valence-corrected chi connectivity index (χ3v) is 11.1. The summed E-state index contributed by atoms with van der Waals surface area (Å²) in [6.07, 6.45) is 0.698. The van der Waals surface area contributed by atoms with Crippen LogP contribution in [0.1, 0.15) is 23.9 Å². The number of fused-ring (bicyclic) bond motifs is 4. The molecule has 10 nitrogen and oxygen atoms in total. The zero-order valence-electron chi connectivity index (χ0n) is 24.5. The molecule has 1 aromatic heterocycles. The lowest BCUT2D eigenvalue weighted by molar-refractivity contribution is -0.122. The van der Waals surface area contributed by atoms with E-state index in [9.17, 15) is 37.5 Å². The number of hydrogen-bond acceptors (Lipinski definition) is 6. The second kappa shape index (κ2) is 11.1. The second-order valence-corrected chi connectivity index (χ2v) is 13.5. The summed E-state index contributed by atoms with van der Waals surface area (Å²) in [5.74, 6) is -17.8. The van der Waals surface area contributed by atoms with Crippen LogP contribution < -0.4 is 21.0 Å². The van der Waals surface area contributed by atoms with E-state index in [1.165, 1.54) is 37.5 Å². The number of phenolic OH excluding ortho intramolecular Hbond substituents is 1. The Morgan fingerprint density at radius 2 is 1.51 bits per heavy atom. The van der Waals surface area contributed by atoms with Crippen molar-refractivity contribution in [2.45, 2.75) is 34.7 Å². The summed E-state index contributed by atoms with van der Waals surface area (Å²) >= 11 is 17.4. The fourth-order valence-electron chi connectivity index (χ4n) is 6.92. The molecule has 0 unspecified atom stereocenters. The summed E-state index contributed by atoms with van der Waals surface area (Å²) in [7, 11) is 1.21. The van der Waals surface area contributed by atoms with Gasteiger partial charge in [0.15, 0.2) is 44.5 Å². The molecule has 0 radical (unpaired) electrons. The molecule has 2 aliphatic heterocycles. The van der Waals surface area contributed by atoms with Crippen LogP contribution >= 0.6 is 39.1 Å². The highest BCUT2D eigenvalue weighted by Gasteiger charge is 2.76. The van der Waals surface area contributed by atoms with E-state index in [0.717, 1.165) is 13.9 Å². The lowest BCUT2D eigenvalue weighted by Crippen LogP contribution is -2.59. The maximum absolute atomic E-state index is 15.2. The molecule has 7 rings (SSSR count). The summed E-state index contributed by atoms with van der Waals surface area (Å²) in [5, 5.41) is 10.5. The third-order valence-electron chi connectivity index (χ3n) is 9.11. The van der Waals surface area contributed by atoms with Gasteiger partial charge in [-0.15, -0.1) is 23.2 Å². The van der Waals surface area contributed by atoms with Gasteiger partial charge in [-0.3, -0.25) is 9.59 Å². The Balaban J connectivity index is 1.52. The number of carbonyl (C=O) groups excluding carboxylic acids is 2. The molecule has 254 valence electrons. The van der Waals surface area contributed by atoms with Gasteiger partial charge in [0.1, 0.15) is 5.69 Å². The number of imide groups is 1. The maximum Gasteiger partial charge on any atom is 0.352 e. The fraction of sp³-hybridized carbons (Fsp3) is 0.226. The van der Waals surface area contributed by atoms with Crippen LogP contribution in [-0.4, -0.2) is 47.7 Å². The lowest BCUT2D eigenvalue weighted by atomic mass is 9.64. The van der Waals surface area contributed by atoms with E-state index in [1.807, 2.05) is 0 Å². The highest BCUT2D eigenvalue weighted by molar-refractivity contribution is 9.10. The van der Waals surface area contributed by atoms with E-state index >= 15 is 8.78 Å². The number of ether oxygens (including phenoxy) is 1. The molecule has 3 heterocycles. The molecule has 1 aliphatic carbocycles. The lowest BCUT2D eigenvalue weighted by Gasteiger charge is -2.49. The van der Waals surface area contributed by atoms with E-state index in [4.69, 9.17) is 27.9 Å². The minimum atomic E-state index is -2.76. The van der Waals surface area contributed by atoms with Gasteiger partial charge in [0.05, 0.1) is 29.9 Å². The van der Waals surface area contributed by atoms with Crippen LogP contribution in [0.4, 0.5) is 27.6 Å². The first-order chi connectivity index (χ1) is 23.1. The van der Waals surface area contributed by atoms with Crippen molar-refractivity contribution in [1.29, 1.82) is 0 Å². The molecule has 4 aromatic rings. The van der Waals surface area contributed by atoms with Crippen molar-refractivity contribution in [3.8, 4) is 17.2 Å². The van der Waals surface area contributed by atoms with E-state index in [0.29, 0.717) is 0 Å². The number of carbonyl (C=O) groups is 2. The molecule has 1 saturated heterocycles. The summed E-state index contributed by atoms with van der Waals surface area (Å²) in [4.78, 5) is 50.4.